The molecule has 0 saturated heterocycles. The lowest BCUT2D eigenvalue weighted by Crippen LogP contribution is -1.82. The second-order valence-corrected chi connectivity index (χ2v) is 3.31. The van der Waals surface area contributed by atoms with Crippen molar-refractivity contribution in [3.63, 3.8) is 0 Å². The van der Waals surface area contributed by atoms with Crippen molar-refractivity contribution in [3.05, 3.63) is 0 Å². The molecule has 0 fully saturated rings. The summed E-state index contributed by atoms with van der Waals surface area (Å²) in [5.74, 6) is 0. The number of halogens is 1. The zero-order valence-corrected chi connectivity index (χ0v) is 7.72. The highest BCUT2D eigenvalue weighted by molar-refractivity contribution is 7.47. The molecule has 0 spiro atoms. The minimum Gasteiger partial charge on any atom is -0.367 e. The summed E-state index contributed by atoms with van der Waals surface area (Å²) in [6.45, 7) is -0.779. The van der Waals surface area contributed by atoms with Crippen molar-refractivity contribution in [2.24, 2.45) is 0 Å². The van der Waals surface area contributed by atoms with Crippen LogP contribution in [0, 0.1) is 0 Å². The Kier molecular flexibility index (Phi) is 7.22. The number of hydrogen-bond donors (Lipinski definition) is 1. The first kappa shape index (κ1) is 11.3. The van der Waals surface area contributed by atoms with Crippen LogP contribution >= 0.6 is 28.1 Å². The molecule has 0 aliphatic rings. The smallest absolute Gasteiger partial charge is 0.367 e. The molecular weight excluding hydrogens is 217 g/mol. The lowest BCUT2D eigenvalue weighted by molar-refractivity contribution is 0.0955. The van der Waals surface area contributed by atoms with E-state index in [0.29, 0.717) is 0 Å². The molecule has 2 unspecified atom stereocenters. The van der Waals surface area contributed by atoms with Gasteiger partial charge in [-0.15, -0.1) is 4.52 Å². The molecule has 1 N–H and O–H groups in total. The summed E-state index contributed by atoms with van der Waals surface area (Å²) < 4.78 is 33.0. The van der Waals surface area contributed by atoms with Crippen LogP contribution < -0.4 is 0 Å². The molecule has 0 radical (unpaired) electrons. The van der Waals surface area contributed by atoms with E-state index in [4.69, 9.17) is 16.7 Å². The Hall–Kier alpha value is 0.330. The monoisotopic (exact) mass is 222 g/mol. The van der Waals surface area contributed by atoms with E-state index in [9.17, 15) is 9.13 Å². The van der Waals surface area contributed by atoms with Gasteiger partial charge in [0.15, 0.2) is 10.4 Å². The van der Waals surface area contributed by atoms with Gasteiger partial charge in [0.2, 0.25) is 6.79 Å². The van der Waals surface area contributed by atoms with E-state index in [2.05, 4.69) is 13.4 Å². The molecule has 0 rings (SSSR count). The maximum Gasteiger partial charge on any atom is 0.750 e. The average molecular weight is 222 g/mol. The first-order chi connectivity index (χ1) is 5.20. The van der Waals surface area contributed by atoms with Crippen LogP contribution in [0.2, 0.25) is 0 Å². The van der Waals surface area contributed by atoms with Crippen molar-refractivity contribution in [3.8, 4) is 0 Å². The molecule has 0 aromatic carbocycles. The van der Waals surface area contributed by atoms with Crippen LogP contribution in [-0.4, -0.2) is 18.0 Å². The van der Waals surface area contributed by atoms with Crippen molar-refractivity contribution in [2.75, 3.05) is 12.9 Å². The van der Waals surface area contributed by atoms with Crippen LogP contribution in [0.5, 0.6) is 0 Å². The van der Waals surface area contributed by atoms with Crippen molar-refractivity contribution < 1.29 is 27.6 Å². The van der Waals surface area contributed by atoms with Gasteiger partial charge in [-0.25, -0.2) is 0 Å². The second kappa shape index (κ2) is 7.00. The molecule has 0 heterocycles. The zero-order valence-electron chi connectivity index (χ0n) is 5.18. The summed E-state index contributed by atoms with van der Waals surface area (Å²) in [6, 6.07) is -0.336. The Labute approximate surface area is 69.3 Å². The third kappa shape index (κ3) is 6.72. The number of rotatable bonds is 6. The SMILES string of the molecule is O=[P+](OCO)O[P+](=O)OCCl. The molecule has 0 amide bonds. The van der Waals surface area contributed by atoms with E-state index < -0.39 is 23.3 Å². The molecule has 0 aliphatic carbocycles. The quantitative estimate of drug-likeness (QED) is 0.416. The van der Waals surface area contributed by atoms with Gasteiger partial charge in [0.1, 0.15) is 0 Å². The Balaban J connectivity index is 3.49. The lowest BCUT2D eigenvalue weighted by Gasteiger charge is -1.74. The van der Waals surface area contributed by atoms with E-state index in [1.54, 1.807) is 0 Å². The molecule has 0 aromatic heterocycles. The van der Waals surface area contributed by atoms with Gasteiger partial charge in [0.25, 0.3) is 0 Å². The lowest BCUT2D eigenvalue weighted by atomic mass is 11.6. The molecule has 0 bridgehead atoms. The Bertz CT molecular complexity index is 134. The van der Waals surface area contributed by atoms with Gasteiger partial charge in [-0.1, -0.05) is 16.1 Å². The van der Waals surface area contributed by atoms with Crippen molar-refractivity contribution in [2.45, 2.75) is 0 Å². The Morgan fingerprint density at radius 1 is 1.27 bits per heavy atom. The summed E-state index contributed by atoms with van der Waals surface area (Å²) in [4.78, 5) is 0. The van der Waals surface area contributed by atoms with Crippen LogP contribution in [-0.2, 0) is 22.5 Å². The van der Waals surface area contributed by atoms with E-state index >= 15 is 0 Å². The molecule has 6 nitrogen and oxygen atoms in total. The normalized spacial score (nSPS) is 12.9. The Morgan fingerprint density at radius 3 is 2.27 bits per heavy atom. The highest BCUT2D eigenvalue weighted by Crippen LogP contribution is 2.39. The van der Waals surface area contributed by atoms with E-state index in [0.717, 1.165) is 0 Å². The molecule has 0 saturated carbocycles. The van der Waals surface area contributed by atoms with Crippen LogP contribution in [0.1, 0.15) is 0 Å². The topological polar surface area (TPSA) is 82.1 Å². The summed E-state index contributed by atoms with van der Waals surface area (Å²) in [7, 11) is -5.13. The van der Waals surface area contributed by atoms with Gasteiger partial charge < -0.3 is 5.11 Å². The van der Waals surface area contributed by atoms with Gasteiger partial charge in [0.05, 0.1) is 0 Å². The fraction of sp³-hybridized carbons (Fsp3) is 1.00. The van der Waals surface area contributed by atoms with Crippen LogP contribution in [0.3, 0.4) is 0 Å². The van der Waals surface area contributed by atoms with Crippen LogP contribution in [0.4, 0.5) is 0 Å². The minimum atomic E-state index is -2.60. The van der Waals surface area contributed by atoms with Crippen molar-refractivity contribution in [1.82, 2.24) is 0 Å². The molecule has 11 heavy (non-hydrogen) atoms. The molecule has 0 aromatic rings. The molecule has 64 valence electrons. The third-order valence-corrected chi connectivity index (χ3v) is 2.44. The predicted octanol–water partition coefficient (Wildman–Crippen LogP) is 1.50. The largest absolute Gasteiger partial charge is 0.750 e. The van der Waals surface area contributed by atoms with Crippen molar-refractivity contribution in [1.29, 1.82) is 0 Å². The standard InChI is InChI=1S/C2H5ClO6P2/c3-1-7-10(5)9-11(6)8-2-4/h4H,1-2H2/q+2. The maximum absolute atomic E-state index is 10.4. The first-order valence-electron chi connectivity index (χ1n) is 2.26. The number of alkyl halides is 1. The molecule has 2 atom stereocenters. The van der Waals surface area contributed by atoms with E-state index in [1.807, 2.05) is 0 Å². The van der Waals surface area contributed by atoms with Gasteiger partial charge in [-0.3, -0.25) is 0 Å². The number of hydrogen-bond acceptors (Lipinski definition) is 6. The van der Waals surface area contributed by atoms with Crippen LogP contribution in [0.15, 0.2) is 0 Å². The van der Waals surface area contributed by atoms with Gasteiger partial charge >= 0.3 is 16.5 Å². The first-order valence-corrected chi connectivity index (χ1v) is 4.98. The summed E-state index contributed by atoms with van der Waals surface area (Å²) in [6.07, 6.45) is 0. The van der Waals surface area contributed by atoms with Crippen LogP contribution in [0.25, 0.3) is 0 Å². The van der Waals surface area contributed by atoms with Gasteiger partial charge in [-0.2, -0.15) is 0 Å². The molecule has 0 aliphatic heterocycles. The predicted molar refractivity (Wildman–Crippen MR) is 36.3 cm³/mol. The second-order valence-electron chi connectivity index (χ2n) is 1.03. The van der Waals surface area contributed by atoms with E-state index in [-0.39, 0.29) is 6.07 Å². The average Bonchev–Trinajstić information content (AvgIpc) is 1.87. The Morgan fingerprint density at radius 2 is 1.82 bits per heavy atom. The number of aliphatic hydroxyl groups is 1. The van der Waals surface area contributed by atoms with Crippen molar-refractivity contribution >= 4 is 28.1 Å². The molecule has 9 heteroatoms. The highest BCUT2D eigenvalue weighted by Gasteiger charge is 2.39. The zero-order chi connectivity index (χ0) is 8.69. The molecular formula is C2H5ClO6P2+2. The third-order valence-electron chi connectivity index (χ3n) is 0.451. The van der Waals surface area contributed by atoms with Gasteiger partial charge in [0, 0.05) is 9.13 Å². The summed E-state index contributed by atoms with van der Waals surface area (Å²) in [5, 5.41) is 8.03. The fourth-order valence-electron chi connectivity index (χ4n) is 0.189. The van der Waals surface area contributed by atoms with E-state index in [1.165, 1.54) is 0 Å². The fourth-order valence-corrected chi connectivity index (χ4v) is 1.41. The maximum atomic E-state index is 10.4. The van der Waals surface area contributed by atoms with Gasteiger partial charge in [-0.05, 0) is 0 Å². The summed E-state index contributed by atoms with van der Waals surface area (Å²) in [5.41, 5.74) is 0. The number of aliphatic hydroxyl groups excluding tert-OH is 1. The minimum absolute atomic E-state index is 0.336. The summed E-state index contributed by atoms with van der Waals surface area (Å²) >= 11 is 4.99. The highest BCUT2D eigenvalue weighted by atomic mass is 35.5.